The third-order valence-corrected chi connectivity index (χ3v) is 5.84. The van der Waals surface area contributed by atoms with Gasteiger partial charge in [0.15, 0.2) is 0 Å². The molecule has 3 rings (SSSR count). The van der Waals surface area contributed by atoms with Gasteiger partial charge in [-0.1, -0.05) is 82.9 Å². The molecule has 0 unspecified atom stereocenters. The van der Waals surface area contributed by atoms with Gasteiger partial charge in [0, 0.05) is 12.1 Å². The van der Waals surface area contributed by atoms with E-state index >= 15 is 0 Å². The number of rotatable bonds is 14. The first-order valence-electron chi connectivity index (χ1n) is 12.0. The Labute approximate surface area is 186 Å². The largest absolute Gasteiger partial charge is 0.505 e. The van der Waals surface area contributed by atoms with Crippen molar-refractivity contribution in [3.63, 3.8) is 0 Å². The summed E-state index contributed by atoms with van der Waals surface area (Å²) in [7, 11) is 0. The fourth-order valence-corrected chi connectivity index (χ4v) is 4.05. The Bertz CT molecular complexity index is 901. The minimum Gasteiger partial charge on any atom is -0.505 e. The smallest absolute Gasteiger partial charge is 0.147 e. The highest BCUT2D eigenvalue weighted by molar-refractivity contribution is 5.73. The number of phenols is 1. The van der Waals surface area contributed by atoms with Gasteiger partial charge in [0.2, 0.25) is 0 Å². The number of nitrogens with one attached hydrogen (secondary N) is 1. The van der Waals surface area contributed by atoms with E-state index in [1.54, 1.807) is 4.80 Å². The topological polar surface area (TPSA) is 63.0 Å². The van der Waals surface area contributed by atoms with E-state index in [-0.39, 0.29) is 5.75 Å². The van der Waals surface area contributed by atoms with Gasteiger partial charge in [0.1, 0.15) is 22.5 Å². The molecule has 168 valence electrons. The summed E-state index contributed by atoms with van der Waals surface area (Å²) in [5.74, 6) is 0.251. The van der Waals surface area contributed by atoms with Gasteiger partial charge in [-0.15, -0.1) is 15.0 Å². The summed E-state index contributed by atoms with van der Waals surface area (Å²) in [5, 5.41) is 23.4. The van der Waals surface area contributed by atoms with Crippen molar-refractivity contribution in [2.24, 2.45) is 0 Å². The number of aryl methyl sites for hydroxylation is 1. The molecule has 2 aromatic carbocycles. The summed E-state index contributed by atoms with van der Waals surface area (Å²) >= 11 is 0. The van der Waals surface area contributed by atoms with Crippen LogP contribution in [0.25, 0.3) is 16.7 Å². The number of hydrogen-bond donors (Lipinski definition) is 2. The van der Waals surface area contributed by atoms with E-state index in [4.69, 9.17) is 0 Å². The van der Waals surface area contributed by atoms with Crippen molar-refractivity contribution in [2.75, 3.05) is 6.54 Å². The molecule has 0 aliphatic carbocycles. The average Bonchev–Trinajstić information content (AvgIpc) is 3.20. The van der Waals surface area contributed by atoms with Gasteiger partial charge < -0.3 is 10.4 Å². The van der Waals surface area contributed by atoms with Crippen molar-refractivity contribution in [3.8, 4) is 11.4 Å². The first kappa shape index (κ1) is 23.3. The van der Waals surface area contributed by atoms with Gasteiger partial charge >= 0.3 is 0 Å². The number of fused-ring (bicyclic) bond motifs is 1. The monoisotopic (exact) mass is 422 g/mol. The number of benzene rings is 2. The first-order chi connectivity index (χ1) is 15.2. The zero-order valence-electron chi connectivity index (χ0n) is 19.2. The summed E-state index contributed by atoms with van der Waals surface area (Å²) in [6.07, 6.45) is 13.4. The SMILES string of the molecule is CCCCCCCCCCCCNCc1cc(C)cc(-n2nc3ccccc3n2)c1O. The summed E-state index contributed by atoms with van der Waals surface area (Å²) < 4.78 is 0. The molecular formula is C26H38N4O. The van der Waals surface area contributed by atoms with Crippen molar-refractivity contribution >= 4 is 11.0 Å². The van der Waals surface area contributed by atoms with Crippen LogP contribution in [0.2, 0.25) is 0 Å². The van der Waals surface area contributed by atoms with Crippen LogP contribution in [0.1, 0.15) is 82.3 Å². The van der Waals surface area contributed by atoms with E-state index in [0.717, 1.165) is 28.7 Å². The fourth-order valence-electron chi connectivity index (χ4n) is 4.05. The van der Waals surface area contributed by atoms with Crippen LogP contribution in [0, 0.1) is 6.92 Å². The van der Waals surface area contributed by atoms with Crippen molar-refractivity contribution in [2.45, 2.75) is 84.6 Å². The van der Waals surface area contributed by atoms with Crippen LogP contribution in [0.4, 0.5) is 0 Å². The van der Waals surface area contributed by atoms with E-state index in [1.165, 1.54) is 64.2 Å². The number of aromatic hydroxyl groups is 1. The molecule has 0 bridgehead atoms. The van der Waals surface area contributed by atoms with Gasteiger partial charge in [0.05, 0.1) is 0 Å². The van der Waals surface area contributed by atoms with Gasteiger partial charge in [-0.3, -0.25) is 0 Å². The quantitative estimate of drug-likeness (QED) is 0.293. The molecule has 0 aliphatic rings. The second-order valence-electron chi connectivity index (χ2n) is 8.63. The number of unbranched alkanes of at least 4 members (excludes halogenated alkanes) is 9. The predicted octanol–water partition coefficient (Wildman–Crippen LogP) is 6.45. The number of aromatic nitrogens is 3. The molecule has 0 radical (unpaired) electrons. The lowest BCUT2D eigenvalue weighted by molar-refractivity contribution is 0.456. The van der Waals surface area contributed by atoms with Crippen LogP contribution in [0.5, 0.6) is 5.75 Å². The Morgan fingerprint density at radius 3 is 2.03 bits per heavy atom. The summed E-state index contributed by atoms with van der Waals surface area (Å²) in [4.78, 5) is 1.54. The maximum atomic E-state index is 10.8. The zero-order chi connectivity index (χ0) is 21.9. The van der Waals surface area contributed by atoms with Gasteiger partial charge in [-0.25, -0.2) is 0 Å². The lowest BCUT2D eigenvalue weighted by Gasteiger charge is -2.12. The van der Waals surface area contributed by atoms with E-state index in [1.807, 2.05) is 43.3 Å². The van der Waals surface area contributed by atoms with Crippen LogP contribution in [0.3, 0.4) is 0 Å². The lowest BCUT2D eigenvalue weighted by Crippen LogP contribution is -2.15. The maximum absolute atomic E-state index is 10.8. The van der Waals surface area contributed by atoms with Crippen LogP contribution < -0.4 is 5.32 Å². The molecule has 0 fully saturated rings. The highest BCUT2D eigenvalue weighted by atomic mass is 16.3. The molecule has 0 aliphatic heterocycles. The first-order valence-corrected chi connectivity index (χ1v) is 12.0. The molecule has 2 N–H and O–H groups in total. The van der Waals surface area contributed by atoms with Gasteiger partial charge in [-0.05, 0) is 43.7 Å². The van der Waals surface area contributed by atoms with Gasteiger partial charge in [0.25, 0.3) is 0 Å². The molecular weight excluding hydrogens is 384 g/mol. The normalized spacial score (nSPS) is 11.4. The summed E-state index contributed by atoms with van der Waals surface area (Å²) in [6.45, 7) is 5.94. The molecule has 0 saturated heterocycles. The van der Waals surface area contributed by atoms with Crippen LogP contribution in [0.15, 0.2) is 36.4 Å². The maximum Gasteiger partial charge on any atom is 0.147 e. The average molecular weight is 423 g/mol. The van der Waals surface area contributed by atoms with Crippen molar-refractivity contribution in [1.82, 2.24) is 20.3 Å². The van der Waals surface area contributed by atoms with Crippen LogP contribution in [-0.4, -0.2) is 26.6 Å². The molecule has 31 heavy (non-hydrogen) atoms. The minimum absolute atomic E-state index is 0.251. The molecule has 5 nitrogen and oxygen atoms in total. The number of phenolic OH excluding ortho intramolecular Hbond substituents is 1. The Hall–Kier alpha value is -2.40. The third-order valence-electron chi connectivity index (χ3n) is 5.84. The summed E-state index contributed by atoms with van der Waals surface area (Å²) in [5.41, 5.74) is 4.26. The molecule has 1 aromatic heterocycles. The Morgan fingerprint density at radius 1 is 0.839 bits per heavy atom. The Morgan fingerprint density at radius 2 is 1.42 bits per heavy atom. The number of hydrogen-bond acceptors (Lipinski definition) is 4. The zero-order valence-corrected chi connectivity index (χ0v) is 19.2. The standard InChI is InChI=1S/C26H38N4O/c1-3-4-5-6-7-8-9-10-11-14-17-27-20-22-18-21(2)19-25(26(22)31)30-28-23-15-12-13-16-24(23)29-30/h12-13,15-16,18-19,27,31H,3-11,14,17,20H2,1-2H3. The molecule has 0 saturated carbocycles. The molecule has 3 aromatic rings. The van der Waals surface area contributed by atoms with E-state index < -0.39 is 0 Å². The predicted molar refractivity (Wildman–Crippen MR) is 129 cm³/mol. The highest BCUT2D eigenvalue weighted by Crippen LogP contribution is 2.28. The van der Waals surface area contributed by atoms with Crippen molar-refractivity contribution < 1.29 is 5.11 Å². The van der Waals surface area contributed by atoms with Crippen molar-refractivity contribution in [1.29, 1.82) is 0 Å². The Kier molecular flexibility index (Phi) is 9.35. The van der Waals surface area contributed by atoms with Crippen molar-refractivity contribution in [3.05, 3.63) is 47.5 Å². The highest BCUT2D eigenvalue weighted by Gasteiger charge is 2.13. The second kappa shape index (κ2) is 12.5. The molecule has 5 heteroatoms. The van der Waals surface area contributed by atoms with Crippen LogP contribution >= 0.6 is 0 Å². The van der Waals surface area contributed by atoms with Crippen LogP contribution in [-0.2, 0) is 6.54 Å². The summed E-state index contributed by atoms with van der Waals surface area (Å²) in [6, 6.07) is 11.7. The number of nitrogens with zero attached hydrogens (tertiary/aromatic N) is 3. The molecule has 0 amide bonds. The van der Waals surface area contributed by atoms with E-state index in [2.05, 4.69) is 22.4 Å². The van der Waals surface area contributed by atoms with Gasteiger partial charge in [-0.2, -0.15) is 0 Å². The van der Waals surface area contributed by atoms with E-state index in [9.17, 15) is 5.11 Å². The molecule has 0 spiro atoms. The minimum atomic E-state index is 0.251. The second-order valence-corrected chi connectivity index (χ2v) is 8.63. The molecule has 1 heterocycles. The molecule has 0 atom stereocenters. The third kappa shape index (κ3) is 7.06. The van der Waals surface area contributed by atoms with E-state index in [0.29, 0.717) is 12.2 Å². The Balaban J connectivity index is 1.42. The fraction of sp³-hybridized carbons (Fsp3) is 0.538. The lowest BCUT2D eigenvalue weighted by atomic mass is 10.1.